The molecule has 10 atom stereocenters. The fourth-order valence-corrected chi connectivity index (χ4v) is 3.24. The molecule has 9 N–H and O–H groups in total. The monoisotopic (exact) mass is 319 g/mol. The van der Waals surface area contributed by atoms with Crippen LogP contribution < -0.4 is 17.2 Å². The van der Waals surface area contributed by atoms with Gasteiger partial charge in [0.25, 0.3) is 0 Å². The lowest BCUT2D eigenvalue weighted by Gasteiger charge is -2.46. The Morgan fingerprint density at radius 1 is 1.05 bits per heavy atom. The molecule has 8 nitrogen and oxygen atoms in total. The maximum atomic E-state index is 10.2. The number of rotatable bonds is 3. The van der Waals surface area contributed by atoms with Crippen LogP contribution in [0, 0.1) is 5.92 Å². The Bertz CT molecular complexity index is 372. The van der Waals surface area contributed by atoms with Crippen molar-refractivity contribution in [3.63, 3.8) is 0 Å². The zero-order chi connectivity index (χ0) is 16.6. The van der Waals surface area contributed by atoms with E-state index < -0.39 is 48.8 Å². The number of hydrogen-bond donors (Lipinski definition) is 6. The van der Waals surface area contributed by atoms with Crippen LogP contribution in [-0.2, 0) is 9.47 Å². The predicted molar refractivity (Wildman–Crippen MR) is 79.6 cm³/mol. The van der Waals surface area contributed by atoms with Crippen LogP contribution in [0.15, 0.2) is 0 Å². The minimum absolute atomic E-state index is 0.215. The van der Waals surface area contributed by atoms with Gasteiger partial charge < -0.3 is 42.0 Å². The molecule has 0 aromatic rings. The van der Waals surface area contributed by atoms with Gasteiger partial charge in [0.15, 0.2) is 6.29 Å². The normalized spacial score (nSPS) is 53.5. The van der Waals surface area contributed by atoms with Crippen LogP contribution in [0.3, 0.4) is 0 Å². The smallest absolute Gasteiger partial charge is 0.173 e. The highest BCUT2D eigenvalue weighted by molar-refractivity contribution is 4.99. The van der Waals surface area contributed by atoms with Crippen molar-refractivity contribution in [2.24, 2.45) is 23.1 Å². The Hall–Kier alpha value is -0.320. The lowest BCUT2D eigenvalue weighted by Crippen LogP contribution is -2.65. The van der Waals surface area contributed by atoms with Crippen molar-refractivity contribution in [1.29, 1.82) is 0 Å². The Labute approximate surface area is 130 Å². The fraction of sp³-hybridized carbons (Fsp3) is 1.00. The van der Waals surface area contributed by atoms with Gasteiger partial charge in [0, 0.05) is 18.0 Å². The molecule has 4 unspecified atom stereocenters. The van der Waals surface area contributed by atoms with Crippen LogP contribution in [0.2, 0.25) is 0 Å². The van der Waals surface area contributed by atoms with Gasteiger partial charge in [-0.1, -0.05) is 13.8 Å². The zero-order valence-electron chi connectivity index (χ0n) is 13.1. The minimum Gasteiger partial charge on any atom is -0.390 e. The van der Waals surface area contributed by atoms with Gasteiger partial charge in [-0.2, -0.15) is 0 Å². The Morgan fingerprint density at radius 2 is 1.68 bits per heavy atom. The maximum Gasteiger partial charge on any atom is 0.173 e. The summed E-state index contributed by atoms with van der Waals surface area (Å²) in [6.07, 6.45) is -4.01. The van der Waals surface area contributed by atoms with Crippen LogP contribution in [-0.4, -0.2) is 70.3 Å². The van der Waals surface area contributed by atoms with Gasteiger partial charge in [0.05, 0.1) is 24.4 Å². The van der Waals surface area contributed by atoms with E-state index in [1.54, 1.807) is 0 Å². The van der Waals surface area contributed by atoms with Crippen molar-refractivity contribution in [2.45, 2.75) is 81.6 Å². The zero-order valence-corrected chi connectivity index (χ0v) is 13.1. The van der Waals surface area contributed by atoms with Crippen molar-refractivity contribution in [3.05, 3.63) is 0 Å². The molecule has 2 rings (SSSR count). The number of nitrogens with two attached hydrogens (primary N) is 3. The SMILES string of the molecule is CCC1O[C@H](O[C@@H]2C(N)C[C@@H](N)C(O)[C@H]2O)C(N)[C@@H](C)[C@@H]1O. The van der Waals surface area contributed by atoms with Gasteiger partial charge in [-0.25, -0.2) is 0 Å². The summed E-state index contributed by atoms with van der Waals surface area (Å²) in [5.41, 5.74) is 17.8. The van der Waals surface area contributed by atoms with Gasteiger partial charge in [0.2, 0.25) is 0 Å². The van der Waals surface area contributed by atoms with E-state index in [2.05, 4.69) is 0 Å². The lowest BCUT2D eigenvalue weighted by molar-refractivity contribution is -0.281. The molecule has 1 aliphatic heterocycles. The third kappa shape index (κ3) is 3.29. The van der Waals surface area contributed by atoms with Crippen molar-refractivity contribution >= 4 is 0 Å². The molecule has 1 saturated heterocycles. The van der Waals surface area contributed by atoms with E-state index in [0.29, 0.717) is 12.8 Å². The van der Waals surface area contributed by atoms with Gasteiger partial charge in [-0.05, 0) is 12.8 Å². The molecule has 1 aliphatic carbocycles. The van der Waals surface area contributed by atoms with Crippen LogP contribution in [0.5, 0.6) is 0 Å². The fourth-order valence-electron chi connectivity index (χ4n) is 3.24. The van der Waals surface area contributed by atoms with E-state index in [0.717, 1.165) is 0 Å². The van der Waals surface area contributed by atoms with E-state index in [1.807, 2.05) is 13.8 Å². The Kier molecular flexibility index (Phi) is 5.79. The molecule has 0 bridgehead atoms. The molecule has 0 radical (unpaired) electrons. The van der Waals surface area contributed by atoms with E-state index >= 15 is 0 Å². The van der Waals surface area contributed by atoms with Crippen molar-refractivity contribution in [1.82, 2.24) is 0 Å². The largest absolute Gasteiger partial charge is 0.390 e. The van der Waals surface area contributed by atoms with Crippen molar-refractivity contribution < 1.29 is 24.8 Å². The standard InChI is InChI=1S/C14H29N3O5/c1-3-8-10(18)5(2)9(17)14(21-8)22-13-7(16)4-6(15)11(19)12(13)20/h5-14,18-20H,3-4,15-17H2,1-2H3/t5-,6-,7?,8?,9?,10+,11?,12-,13-,14-/m1/s1. The average molecular weight is 319 g/mol. The van der Waals surface area contributed by atoms with Crippen LogP contribution in [0.4, 0.5) is 0 Å². The third-order valence-corrected chi connectivity index (χ3v) is 4.94. The van der Waals surface area contributed by atoms with Gasteiger partial charge in [0.1, 0.15) is 12.2 Å². The predicted octanol–water partition coefficient (Wildman–Crippen LogP) is -2.39. The summed E-state index contributed by atoms with van der Waals surface area (Å²) < 4.78 is 11.5. The summed E-state index contributed by atoms with van der Waals surface area (Å²) in [5, 5.41) is 30.2. The maximum absolute atomic E-state index is 10.2. The summed E-state index contributed by atoms with van der Waals surface area (Å²) >= 11 is 0. The van der Waals surface area contributed by atoms with Crippen molar-refractivity contribution in [2.75, 3.05) is 0 Å². The molecule has 0 spiro atoms. The highest BCUT2D eigenvalue weighted by Gasteiger charge is 2.46. The van der Waals surface area contributed by atoms with Gasteiger partial charge in [-0.3, -0.25) is 0 Å². The lowest BCUT2D eigenvalue weighted by atomic mass is 9.84. The Balaban J connectivity index is 2.08. The van der Waals surface area contributed by atoms with Crippen LogP contribution in [0.25, 0.3) is 0 Å². The summed E-state index contributed by atoms with van der Waals surface area (Å²) in [7, 11) is 0. The molecule has 0 aromatic heterocycles. The van der Waals surface area contributed by atoms with Crippen molar-refractivity contribution in [3.8, 4) is 0 Å². The van der Waals surface area contributed by atoms with E-state index in [1.165, 1.54) is 0 Å². The molecule has 2 aliphatic rings. The number of hydrogen-bond acceptors (Lipinski definition) is 8. The van der Waals surface area contributed by atoms with E-state index in [4.69, 9.17) is 26.7 Å². The molecule has 1 heterocycles. The summed E-state index contributed by atoms with van der Waals surface area (Å²) in [5.74, 6) is -0.215. The molecule has 0 amide bonds. The van der Waals surface area contributed by atoms with Gasteiger partial charge in [-0.15, -0.1) is 0 Å². The Morgan fingerprint density at radius 3 is 2.27 bits per heavy atom. The number of aliphatic hydroxyl groups is 3. The second kappa shape index (κ2) is 7.06. The second-order valence-corrected chi connectivity index (χ2v) is 6.52. The minimum atomic E-state index is -1.20. The number of aliphatic hydroxyl groups excluding tert-OH is 3. The molecule has 8 heteroatoms. The molecule has 2 fully saturated rings. The first kappa shape index (κ1) is 18.0. The quantitative estimate of drug-likeness (QED) is 0.336. The molecule has 1 saturated carbocycles. The van der Waals surface area contributed by atoms with Crippen LogP contribution in [0.1, 0.15) is 26.7 Å². The highest BCUT2D eigenvalue weighted by Crippen LogP contribution is 2.30. The molecule has 22 heavy (non-hydrogen) atoms. The van der Waals surface area contributed by atoms with Gasteiger partial charge >= 0.3 is 0 Å². The second-order valence-electron chi connectivity index (χ2n) is 6.52. The topological polar surface area (TPSA) is 157 Å². The highest BCUT2D eigenvalue weighted by atomic mass is 16.7. The summed E-state index contributed by atoms with van der Waals surface area (Å²) in [6, 6.07) is -1.66. The summed E-state index contributed by atoms with van der Waals surface area (Å²) in [6.45, 7) is 3.73. The first-order valence-electron chi connectivity index (χ1n) is 7.89. The first-order chi connectivity index (χ1) is 10.3. The van der Waals surface area contributed by atoms with E-state index in [-0.39, 0.29) is 12.0 Å². The van der Waals surface area contributed by atoms with Crippen LogP contribution >= 0.6 is 0 Å². The first-order valence-corrected chi connectivity index (χ1v) is 7.89. The number of ether oxygens (including phenoxy) is 2. The molecule has 130 valence electrons. The summed E-state index contributed by atoms with van der Waals surface area (Å²) in [4.78, 5) is 0. The third-order valence-electron chi connectivity index (χ3n) is 4.94. The molecule has 0 aromatic carbocycles. The van der Waals surface area contributed by atoms with E-state index in [9.17, 15) is 15.3 Å². The average Bonchev–Trinajstić information content (AvgIpc) is 2.49. The molecular weight excluding hydrogens is 290 g/mol. The molecular formula is C14H29N3O5.